The van der Waals surface area contributed by atoms with Crippen LogP contribution in [-0.2, 0) is 14.3 Å². The lowest BCUT2D eigenvalue weighted by Gasteiger charge is -2.28. The van der Waals surface area contributed by atoms with E-state index in [1.807, 2.05) is 4.90 Å². The average Bonchev–Trinajstić information content (AvgIpc) is 2.74. The largest absolute Gasteiger partial charge is 0.481 e. The van der Waals surface area contributed by atoms with E-state index in [1.54, 1.807) is 0 Å². The molecule has 0 radical (unpaired) electrons. The number of carbonyl (C=O) groups is 2. The highest BCUT2D eigenvalue weighted by molar-refractivity contribution is 5.77. The normalized spacial score (nSPS) is 27.9. The molecule has 0 aliphatic carbocycles. The van der Waals surface area contributed by atoms with Crippen LogP contribution in [0.2, 0.25) is 0 Å². The van der Waals surface area contributed by atoms with Gasteiger partial charge in [0, 0.05) is 26.2 Å². The van der Waals surface area contributed by atoms with Crippen LogP contribution in [0.3, 0.4) is 0 Å². The van der Waals surface area contributed by atoms with Crippen LogP contribution in [0.4, 0.5) is 0 Å². The van der Waals surface area contributed by atoms with Crippen molar-refractivity contribution in [3.63, 3.8) is 0 Å². The first-order valence-corrected chi connectivity index (χ1v) is 7.49. The zero-order valence-corrected chi connectivity index (χ0v) is 11.8. The monoisotopic (exact) mass is 284 g/mol. The summed E-state index contributed by atoms with van der Waals surface area (Å²) < 4.78 is 5.60. The summed E-state index contributed by atoms with van der Waals surface area (Å²) in [5, 5.41) is 12.0. The van der Waals surface area contributed by atoms with E-state index >= 15 is 0 Å². The maximum Gasteiger partial charge on any atom is 0.307 e. The molecule has 2 N–H and O–H groups in total. The first-order chi connectivity index (χ1) is 9.66. The average molecular weight is 284 g/mol. The molecule has 0 saturated carbocycles. The minimum Gasteiger partial charge on any atom is -0.481 e. The Balaban J connectivity index is 1.73. The number of ether oxygens (including phenoxy) is 1. The van der Waals surface area contributed by atoms with Crippen molar-refractivity contribution >= 4 is 11.9 Å². The molecule has 0 aromatic heterocycles. The van der Waals surface area contributed by atoms with E-state index in [0.29, 0.717) is 19.5 Å². The Bertz CT molecular complexity index is 340. The smallest absolute Gasteiger partial charge is 0.307 e. The Hall–Kier alpha value is -1.14. The molecule has 0 aromatic carbocycles. The Morgan fingerprint density at radius 1 is 1.15 bits per heavy atom. The number of amides is 1. The lowest BCUT2D eigenvalue weighted by atomic mass is 9.98. The third kappa shape index (κ3) is 4.45. The number of piperidine rings is 1. The van der Waals surface area contributed by atoms with Crippen LogP contribution in [0.1, 0.15) is 32.1 Å². The summed E-state index contributed by atoms with van der Waals surface area (Å²) in [7, 11) is 0. The van der Waals surface area contributed by atoms with Gasteiger partial charge < -0.3 is 20.1 Å². The number of carboxylic acid groups (broad SMARTS) is 1. The van der Waals surface area contributed by atoms with Gasteiger partial charge in [-0.15, -0.1) is 0 Å². The fourth-order valence-electron chi connectivity index (χ4n) is 2.82. The van der Waals surface area contributed by atoms with E-state index in [1.165, 1.54) is 12.8 Å². The molecule has 114 valence electrons. The predicted molar refractivity (Wildman–Crippen MR) is 73.4 cm³/mol. The lowest BCUT2D eigenvalue weighted by Crippen LogP contribution is -2.45. The molecule has 2 heterocycles. The van der Waals surface area contributed by atoms with E-state index in [-0.39, 0.29) is 18.6 Å². The highest BCUT2D eigenvalue weighted by Crippen LogP contribution is 2.14. The second-order valence-corrected chi connectivity index (χ2v) is 5.66. The fourth-order valence-corrected chi connectivity index (χ4v) is 2.82. The molecular weight excluding hydrogens is 260 g/mol. The third-order valence-corrected chi connectivity index (χ3v) is 4.06. The molecule has 0 bridgehead atoms. The number of nitrogens with one attached hydrogen (secondary N) is 1. The van der Waals surface area contributed by atoms with Gasteiger partial charge in [-0.3, -0.25) is 9.59 Å². The molecule has 2 saturated heterocycles. The number of aliphatic carboxylic acids is 1. The lowest BCUT2D eigenvalue weighted by molar-refractivity contribution is -0.145. The minimum atomic E-state index is -0.801. The molecule has 2 rings (SSSR count). The van der Waals surface area contributed by atoms with Crippen molar-refractivity contribution in [1.29, 1.82) is 0 Å². The van der Waals surface area contributed by atoms with Crippen molar-refractivity contribution in [2.75, 3.05) is 32.8 Å². The van der Waals surface area contributed by atoms with E-state index in [4.69, 9.17) is 9.84 Å². The maximum absolute atomic E-state index is 12.1. The SMILES string of the molecule is O=C(O)C1CNCC(OCC(=O)N2CCCCCC2)C1. The second-order valence-electron chi connectivity index (χ2n) is 5.66. The van der Waals surface area contributed by atoms with Gasteiger partial charge in [-0.2, -0.15) is 0 Å². The summed E-state index contributed by atoms with van der Waals surface area (Å²) in [6, 6.07) is 0. The molecule has 2 aliphatic heterocycles. The van der Waals surface area contributed by atoms with E-state index in [0.717, 1.165) is 25.9 Å². The molecule has 2 unspecified atom stereocenters. The highest BCUT2D eigenvalue weighted by Gasteiger charge is 2.28. The summed E-state index contributed by atoms with van der Waals surface area (Å²) in [6.45, 7) is 2.82. The zero-order chi connectivity index (χ0) is 14.4. The Kier molecular flexibility index (Phi) is 5.79. The number of likely N-dealkylation sites (tertiary alicyclic amines) is 1. The number of hydrogen-bond donors (Lipinski definition) is 2. The molecule has 6 nitrogen and oxygen atoms in total. The maximum atomic E-state index is 12.1. The molecule has 0 aromatic rings. The molecule has 2 atom stereocenters. The molecule has 6 heteroatoms. The minimum absolute atomic E-state index is 0.0318. The quantitative estimate of drug-likeness (QED) is 0.784. The highest BCUT2D eigenvalue weighted by atomic mass is 16.5. The number of rotatable bonds is 4. The molecule has 0 spiro atoms. The molecule has 2 aliphatic rings. The van der Waals surface area contributed by atoms with Gasteiger partial charge in [0.25, 0.3) is 0 Å². The summed E-state index contributed by atoms with van der Waals surface area (Å²) in [5.74, 6) is -1.18. The van der Waals surface area contributed by atoms with Crippen LogP contribution >= 0.6 is 0 Å². The van der Waals surface area contributed by atoms with Crippen molar-refractivity contribution in [2.45, 2.75) is 38.2 Å². The Labute approximate surface area is 119 Å². The van der Waals surface area contributed by atoms with Crippen LogP contribution in [0.5, 0.6) is 0 Å². The van der Waals surface area contributed by atoms with Crippen LogP contribution in [0.15, 0.2) is 0 Å². The van der Waals surface area contributed by atoms with Crippen LogP contribution in [0.25, 0.3) is 0 Å². The summed E-state index contributed by atoms with van der Waals surface area (Å²) in [6.07, 6.45) is 4.82. The van der Waals surface area contributed by atoms with E-state index < -0.39 is 11.9 Å². The van der Waals surface area contributed by atoms with Gasteiger partial charge in [0.1, 0.15) is 6.61 Å². The van der Waals surface area contributed by atoms with E-state index in [9.17, 15) is 9.59 Å². The van der Waals surface area contributed by atoms with Crippen LogP contribution < -0.4 is 5.32 Å². The zero-order valence-electron chi connectivity index (χ0n) is 11.8. The topological polar surface area (TPSA) is 78.9 Å². The summed E-state index contributed by atoms with van der Waals surface area (Å²) >= 11 is 0. The number of nitrogens with zero attached hydrogens (tertiary/aromatic N) is 1. The molecular formula is C14H24N2O4. The van der Waals surface area contributed by atoms with Gasteiger partial charge in [-0.25, -0.2) is 0 Å². The number of carbonyl (C=O) groups excluding carboxylic acids is 1. The first kappa shape index (κ1) is 15.3. The summed E-state index contributed by atoms with van der Waals surface area (Å²) in [5.41, 5.74) is 0. The van der Waals surface area contributed by atoms with Crippen molar-refractivity contribution in [2.24, 2.45) is 5.92 Å². The first-order valence-electron chi connectivity index (χ1n) is 7.49. The fraction of sp³-hybridized carbons (Fsp3) is 0.857. The summed E-state index contributed by atoms with van der Waals surface area (Å²) in [4.78, 5) is 24.9. The van der Waals surface area contributed by atoms with Crippen molar-refractivity contribution < 1.29 is 19.4 Å². The van der Waals surface area contributed by atoms with Crippen LogP contribution in [0, 0.1) is 5.92 Å². The molecule has 20 heavy (non-hydrogen) atoms. The van der Waals surface area contributed by atoms with Gasteiger partial charge in [0.15, 0.2) is 0 Å². The van der Waals surface area contributed by atoms with Gasteiger partial charge in [-0.1, -0.05) is 12.8 Å². The molecule has 1 amide bonds. The van der Waals surface area contributed by atoms with Gasteiger partial charge in [-0.05, 0) is 19.3 Å². The van der Waals surface area contributed by atoms with Crippen molar-refractivity contribution in [1.82, 2.24) is 10.2 Å². The second kappa shape index (κ2) is 7.59. The Morgan fingerprint density at radius 3 is 2.50 bits per heavy atom. The number of carboxylic acids is 1. The standard InChI is InChI=1S/C14H24N2O4/c17-13(16-5-3-1-2-4-6-16)10-20-12-7-11(14(18)19)8-15-9-12/h11-12,15H,1-10H2,(H,18,19). The van der Waals surface area contributed by atoms with Crippen molar-refractivity contribution in [3.05, 3.63) is 0 Å². The van der Waals surface area contributed by atoms with Crippen LogP contribution in [-0.4, -0.2) is 60.8 Å². The third-order valence-electron chi connectivity index (χ3n) is 4.06. The van der Waals surface area contributed by atoms with Gasteiger partial charge in [0.05, 0.1) is 12.0 Å². The van der Waals surface area contributed by atoms with Gasteiger partial charge in [0.2, 0.25) is 5.91 Å². The molecule has 2 fully saturated rings. The van der Waals surface area contributed by atoms with Crippen molar-refractivity contribution in [3.8, 4) is 0 Å². The van der Waals surface area contributed by atoms with E-state index in [2.05, 4.69) is 5.32 Å². The number of hydrogen-bond acceptors (Lipinski definition) is 4. The predicted octanol–water partition coefficient (Wildman–Crippen LogP) is 0.468. The Morgan fingerprint density at radius 2 is 1.85 bits per heavy atom. The van der Waals surface area contributed by atoms with Gasteiger partial charge >= 0.3 is 5.97 Å².